The number of fused-ring (bicyclic) bond motifs is 1. The van der Waals surface area contributed by atoms with E-state index in [0.717, 1.165) is 16.8 Å². The van der Waals surface area contributed by atoms with E-state index in [1.807, 2.05) is 24.3 Å². The third-order valence-electron chi connectivity index (χ3n) is 4.41. The average Bonchev–Trinajstić information content (AvgIpc) is 3.05. The van der Waals surface area contributed by atoms with Crippen LogP contribution in [0.5, 0.6) is 0 Å². The molecule has 0 bridgehead atoms. The van der Waals surface area contributed by atoms with Crippen molar-refractivity contribution in [2.24, 2.45) is 0 Å². The molecule has 1 amide bonds. The van der Waals surface area contributed by atoms with Gasteiger partial charge in [0.15, 0.2) is 0 Å². The van der Waals surface area contributed by atoms with E-state index in [2.05, 4.69) is 0 Å². The zero-order valence-corrected chi connectivity index (χ0v) is 17.6. The predicted molar refractivity (Wildman–Crippen MR) is 111 cm³/mol. The standard InChI is InChI=1S/C19H21ClN2O3S2/c1-21(2)27(24,25)17-6-7-18-15(11-17)8-9-22(18)19(23)13-26-12-14-4-3-5-16(20)10-14/h3-7,10-11H,8-9,12-13H2,1-2H3. The first-order chi connectivity index (χ1) is 12.8. The Kier molecular flexibility index (Phi) is 6.15. The van der Waals surface area contributed by atoms with Crippen LogP contribution < -0.4 is 4.90 Å². The number of hydrogen-bond donors (Lipinski definition) is 0. The molecule has 0 atom stereocenters. The van der Waals surface area contributed by atoms with E-state index in [9.17, 15) is 13.2 Å². The molecule has 2 aromatic carbocycles. The lowest BCUT2D eigenvalue weighted by Gasteiger charge is -2.18. The number of anilines is 1. The Balaban J connectivity index is 1.65. The van der Waals surface area contributed by atoms with Gasteiger partial charge in [0.2, 0.25) is 15.9 Å². The van der Waals surface area contributed by atoms with Crippen LogP contribution in [0.3, 0.4) is 0 Å². The van der Waals surface area contributed by atoms with Crippen LogP contribution in [-0.4, -0.2) is 45.0 Å². The minimum absolute atomic E-state index is 0.0315. The van der Waals surface area contributed by atoms with Crippen molar-refractivity contribution in [3.8, 4) is 0 Å². The smallest absolute Gasteiger partial charge is 0.242 e. The third-order valence-corrected chi connectivity index (χ3v) is 7.44. The summed E-state index contributed by atoms with van der Waals surface area (Å²) in [5, 5.41) is 0.691. The number of carbonyl (C=O) groups is 1. The Morgan fingerprint density at radius 3 is 2.70 bits per heavy atom. The second-order valence-corrected chi connectivity index (χ2v) is 10.1. The van der Waals surface area contributed by atoms with Crippen molar-refractivity contribution in [3.63, 3.8) is 0 Å². The first-order valence-electron chi connectivity index (χ1n) is 8.47. The lowest BCUT2D eigenvalue weighted by Crippen LogP contribution is -2.30. The maximum atomic E-state index is 12.6. The van der Waals surface area contributed by atoms with E-state index >= 15 is 0 Å². The summed E-state index contributed by atoms with van der Waals surface area (Å²) in [5.74, 6) is 1.11. The average molecular weight is 425 g/mol. The van der Waals surface area contributed by atoms with Gasteiger partial charge in [-0.05, 0) is 47.9 Å². The summed E-state index contributed by atoms with van der Waals surface area (Å²) >= 11 is 7.52. The van der Waals surface area contributed by atoms with Crippen molar-refractivity contribution in [1.82, 2.24) is 4.31 Å². The molecule has 0 unspecified atom stereocenters. The zero-order chi connectivity index (χ0) is 19.6. The van der Waals surface area contributed by atoms with Crippen molar-refractivity contribution in [2.45, 2.75) is 17.1 Å². The fourth-order valence-corrected chi connectivity index (χ4v) is 4.98. The number of hydrogen-bond acceptors (Lipinski definition) is 4. The molecule has 0 aliphatic carbocycles. The van der Waals surface area contributed by atoms with Crippen molar-refractivity contribution in [3.05, 3.63) is 58.6 Å². The molecule has 0 N–H and O–H groups in total. The summed E-state index contributed by atoms with van der Waals surface area (Å²) in [4.78, 5) is 14.6. The Morgan fingerprint density at radius 1 is 1.22 bits per heavy atom. The molecule has 0 saturated heterocycles. The minimum Gasteiger partial charge on any atom is -0.311 e. The maximum Gasteiger partial charge on any atom is 0.242 e. The molecule has 1 aliphatic rings. The molecule has 0 spiro atoms. The van der Waals surface area contributed by atoms with Gasteiger partial charge in [-0.2, -0.15) is 0 Å². The third kappa shape index (κ3) is 4.48. The van der Waals surface area contributed by atoms with E-state index in [4.69, 9.17) is 11.6 Å². The van der Waals surface area contributed by atoms with Gasteiger partial charge in [0.1, 0.15) is 0 Å². The summed E-state index contributed by atoms with van der Waals surface area (Å²) in [6.45, 7) is 0.581. The number of carbonyl (C=O) groups excluding carboxylic acids is 1. The SMILES string of the molecule is CN(C)S(=O)(=O)c1ccc2c(c1)CCN2C(=O)CSCc1cccc(Cl)c1. The van der Waals surface area contributed by atoms with Crippen LogP contribution in [0.1, 0.15) is 11.1 Å². The predicted octanol–water partition coefficient (Wildman–Crippen LogP) is 3.41. The van der Waals surface area contributed by atoms with Crippen LogP contribution >= 0.6 is 23.4 Å². The van der Waals surface area contributed by atoms with Crippen molar-refractivity contribution in [2.75, 3.05) is 31.3 Å². The number of benzene rings is 2. The number of halogens is 1. The highest BCUT2D eigenvalue weighted by Crippen LogP contribution is 2.31. The number of nitrogens with zero attached hydrogens (tertiary/aromatic N) is 2. The molecule has 2 aromatic rings. The van der Waals surface area contributed by atoms with Gasteiger partial charge in [0, 0.05) is 37.1 Å². The molecule has 0 fully saturated rings. The maximum absolute atomic E-state index is 12.6. The number of sulfonamides is 1. The Labute approximate surface area is 169 Å². The van der Waals surface area contributed by atoms with Gasteiger partial charge in [-0.1, -0.05) is 23.7 Å². The molecule has 3 rings (SSSR count). The fourth-order valence-electron chi connectivity index (χ4n) is 2.97. The monoisotopic (exact) mass is 424 g/mol. The van der Waals surface area contributed by atoms with E-state index < -0.39 is 10.0 Å². The lowest BCUT2D eigenvalue weighted by molar-refractivity contribution is -0.116. The Morgan fingerprint density at radius 2 is 2.00 bits per heavy atom. The molecule has 27 heavy (non-hydrogen) atoms. The second-order valence-electron chi connectivity index (χ2n) is 6.50. The molecule has 8 heteroatoms. The Hall–Kier alpha value is -1.54. The summed E-state index contributed by atoms with van der Waals surface area (Å²) in [6, 6.07) is 12.6. The summed E-state index contributed by atoms with van der Waals surface area (Å²) in [6.07, 6.45) is 0.664. The van der Waals surface area contributed by atoms with Gasteiger partial charge in [0.25, 0.3) is 0 Å². The van der Waals surface area contributed by atoms with Crippen LogP contribution in [0.25, 0.3) is 0 Å². The van der Waals surface area contributed by atoms with Gasteiger partial charge in [0.05, 0.1) is 10.6 Å². The lowest BCUT2D eigenvalue weighted by atomic mass is 10.2. The molecule has 0 saturated carbocycles. The first-order valence-corrected chi connectivity index (χ1v) is 11.4. The number of thioether (sulfide) groups is 1. The van der Waals surface area contributed by atoms with Gasteiger partial charge in [-0.15, -0.1) is 11.8 Å². The Bertz CT molecular complexity index is 961. The van der Waals surface area contributed by atoms with Gasteiger partial charge in [-0.3, -0.25) is 4.79 Å². The molecule has 5 nitrogen and oxygen atoms in total. The zero-order valence-electron chi connectivity index (χ0n) is 15.2. The van der Waals surface area contributed by atoms with E-state index in [0.29, 0.717) is 29.5 Å². The van der Waals surface area contributed by atoms with E-state index in [1.165, 1.54) is 18.4 Å². The van der Waals surface area contributed by atoms with Gasteiger partial charge in [-0.25, -0.2) is 12.7 Å². The van der Waals surface area contributed by atoms with E-state index in [-0.39, 0.29) is 10.8 Å². The highest BCUT2D eigenvalue weighted by molar-refractivity contribution is 7.99. The highest BCUT2D eigenvalue weighted by Gasteiger charge is 2.27. The molecular formula is C19H21ClN2O3S2. The minimum atomic E-state index is -3.47. The molecule has 0 aromatic heterocycles. The molecule has 1 aliphatic heterocycles. The molecule has 1 heterocycles. The van der Waals surface area contributed by atoms with Crippen LogP contribution in [0, 0.1) is 0 Å². The van der Waals surface area contributed by atoms with Crippen molar-refractivity contribution < 1.29 is 13.2 Å². The van der Waals surface area contributed by atoms with Crippen LogP contribution in [0.2, 0.25) is 5.02 Å². The largest absolute Gasteiger partial charge is 0.311 e. The quantitative estimate of drug-likeness (QED) is 0.713. The summed E-state index contributed by atoms with van der Waals surface area (Å²) in [5.41, 5.74) is 2.79. The van der Waals surface area contributed by atoms with Crippen LogP contribution in [0.4, 0.5) is 5.69 Å². The number of amides is 1. The van der Waals surface area contributed by atoms with Crippen molar-refractivity contribution in [1.29, 1.82) is 0 Å². The highest BCUT2D eigenvalue weighted by atomic mass is 35.5. The van der Waals surface area contributed by atoms with Gasteiger partial charge < -0.3 is 4.90 Å². The van der Waals surface area contributed by atoms with Crippen LogP contribution in [0.15, 0.2) is 47.4 Å². The molecule has 144 valence electrons. The topological polar surface area (TPSA) is 57.7 Å². The van der Waals surface area contributed by atoms with Crippen molar-refractivity contribution >= 4 is 45.0 Å². The molecular weight excluding hydrogens is 404 g/mol. The summed E-state index contributed by atoms with van der Waals surface area (Å²) < 4.78 is 25.8. The second kappa shape index (κ2) is 8.22. The molecule has 0 radical (unpaired) electrons. The number of rotatable bonds is 6. The fraction of sp³-hybridized carbons (Fsp3) is 0.316. The first kappa shape index (κ1) is 20.2. The van der Waals surface area contributed by atoms with E-state index in [1.54, 1.807) is 34.9 Å². The summed E-state index contributed by atoms with van der Waals surface area (Å²) in [7, 11) is -0.451. The van der Waals surface area contributed by atoms with Gasteiger partial charge >= 0.3 is 0 Å². The van der Waals surface area contributed by atoms with Crippen LogP contribution in [-0.2, 0) is 27.0 Å². The normalized spacial score (nSPS) is 13.9.